The maximum absolute atomic E-state index is 13.0. The normalized spacial score (nSPS) is 21.3. The van der Waals surface area contributed by atoms with E-state index in [1.54, 1.807) is 17.0 Å². The number of thiophene rings is 2. The van der Waals surface area contributed by atoms with Gasteiger partial charge in [-0.3, -0.25) is 14.5 Å². The molecule has 142 valence electrons. The van der Waals surface area contributed by atoms with E-state index in [1.807, 2.05) is 22.9 Å². The lowest BCUT2D eigenvalue weighted by Crippen LogP contribution is -2.43. The minimum atomic E-state index is -0.534. The molecule has 1 amide bonds. The molecule has 4 rings (SSSR count). The fourth-order valence-corrected chi connectivity index (χ4v) is 5.00. The van der Waals surface area contributed by atoms with Crippen LogP contribution in [0.2, 0.25) is 0 Å². The van der Waals surface area contributed by atoms with Crippen LogP contribution in [0.25, 0.3) is 0 Å². The van der Waals surface area contributed by atoms with Crippen molar-refractivity contribution in [2.45, 2.75) is 6.04 Å². The molecule has 0 aliphatic carbocycles. The molecule has 1 atom stereocenters. The number of ketones is 1. The molecule has 6 nitrogen and oxygen atoms in total. The topological polar surface area (TPSA) is 70.1 Å². The van der Waals surface area contributed by atoms with Gasteiger partial charge >= 0.3 is 0 Å². The fraction of sp³-hybridized carbons (Fsp3) is 0.368. The van der Waals surface area contributed by atoms with Crippen molar-refractivity contribution in [2.24, 2.45) is 0 Å². The highest BCUT2D eigenvalue weighted by Gasteiger charge is 2.44. The summed E-state index contributed by atoms with van der Waals surface area (Å²) < 4.78 is 5.37. The van der Waals surface area contributed by atoms with E-state index in [0.717, 1.165) is 18.0 Å². The number of morpholine rings is 1. The van der Waals surface area contributed by atoms with E-state index in [1.165, 1.54) is 22.7 Å². The molecular formula is C19H20N2O4S2. The highest BCUT2D eigenvalue weighted by atomic mass is 32.1. The Morgan fingerprint density at radius 2 is 1.89 bits per heavy atom. The van der Waals surface area contributed by atoms with Gasteiger partial charge in [-0.15, -0.1) is 22.7 Å². The molecule has 0 bridgehead atoms. The Morgan fingerprint density at radius 3 is 2.56 bits per heavy atom. The fourth-order valence-electron chi connectivity index (χ4n) is 3.47. The van der Waals surface area contributed by atoms with E-state index in [9.17, 15) is 14.7 Å². The minimum absolute atomic E-state index is 0.187. The van der Waals surface area contributed by atoms with E-state index in [0.29, 0.717) is 31.2 Å². The van der Waals surface area contributed by atoms with Crippen molar-refractivity contribution in [2.75, 3.05) is 39.4 Å². The van der Waals surface area contributed by atoms with Crippen LogP contribution in [0, 0.1) is 0 Å². The number of hydrogen-bond donors (Lipinski definition) is 1. The van der Waals surface area contributed by atoms with E-state index < -0.39 is 17.7 Å². The second-order valence-electron chi connectivity index (χ2n) is 6.44. The Morgan fingerprint density at radius 1 is 1.15 bits per heavy atom. The first-order chi connectivity index (χ1) is 13.2. The van der Waals surface area contributed by atoms with E-state index in [2.05, 4.69) is 4.90 Å². The van der Waals surface area contributed by atoms with E-state index >= 15 is 0 Å². The predicted octanol–water partition coefficient (Wildman–Crippen LogP) is 2.72. The number of rotatable bonds is 6. The summed E-state index contributed by atoms with van der Waals surface area (Å²) in [6, 6.07) is 6.79. The molecule has 8 heteroatoms. The molecule has 4 heterocycles. The van der Waals surface area contributed by atoms with E-state index in [-0.39, 0.29) is 11.4 Å². The summed E-state index contributed by atoms with van der Waals surface area (Å²) in [5.41, 5.74) is 0.187. The third kappa shape index (κ3) is 3.58. The molecule has 0 spiro atoms. The van der Waals surface area contributed by atoms with Crippen molar-refractivity contribution in [3.8, 4) is 0 Å². The molecule has 1 saturated heterocycles. The van der Waals surface area contributed by atoms with Crippen LogP contribution >= 0.6 is 22.7 Å². The maximum atomic E-state index is 13.0. The van der Waals surface area contributed by atoms with Crippen LogP contribution < -0.4 is 0 Å². The molecule has 2 aliphatic heterocycles. The van der Waals surface area contributed by atoms with Crippen molar-refractivity contribution >= 4 is 34.4 Å². The number of hydrogen-bond acceptors (Lipinski definition) is 7. The zero-order valence-corrected chi connectivity index (χ0v) is 16.3. The lowest BCUT2D eigenvalue weighted by Gasteiger charge is -2.31. The largest absolute Gasteiger partial charge is 0.503 e. The van der Waals surface area contributed by atoms with Gasteiger partial charge in [0.2, 0.25) is 5.78 Å². The van der Waals surface area contributed by atoms with Crippen LogP contribution in [0.5, 0.6) is 0 Å². The number of amides is 1. The highest BCUT2D eigenvalue weighted by Crippen LogP contribution is 2.40. The van der Waals surface area contributed by atoms with Crippen molar-refractivity contribution in [3.05, 3.63) is 56.1 Å². The SMILES string of the molecule is O=C(C1=C(O)C(=O)N(CCN2CCOCC2)[C@@H]1c1cccs1)c1cccs1. The Balaban J connectivity index is 1.62. The third-order valence-corrected chi connectivity index (χ3v) is 6.66. The highest BCUT2D eigenvalue weighted by molar-refractivity contribution is 7.12. The van der Waals surface area contributed by atoms with Crippen LogP contribution in [0.15, 0.2) is 46.4 Å². The number of carbonyl (C=O) groups is 2. The van der Waals surface area contributed by atoms with Gasteiger partial charge in [-0.05, 0) is 22.9 Å². The second-order valence-corrected chi connectivity index (χ2v) is 8.37. The first-order valence-corrected chi connectivity index (χ1v) is 10.6. The average Bonchev–Trinajstić information content (AvgIpc) is 3.43. The van der Waals surface area contributed by atoms with Gasteiger partial charge < -0.3 is 14.7 Å². The Kier molecular flexibility index (Phi) is 5.40. The van der Waals surface area contributed by atoms with Gasteiger partial charge in [0.25, 0.3) is 5.91 Å². The standard InChI is InChI=1S/C19H20N2O4S2/c22-17(14-4-2-12-27-14)15-16(13-3-1-11-26-13)21(19(24)18(15)23)6-5-20-7-9-25-10-8-20/h1-4,11-12,16,23H,5-10H2/t16-/m1/s1. The number of aliphatic hydroxyl groups is 1. The van der Waals surface area contributed by atoms with Gasteiger partial charge in [-0.1, -0.05) is 12.1 Å². The van der Waals surface area contributed by atoms with Crippen molar-refractivity contribution in [3.63, 3.8) is 0 Å². The van der Waals surface area contributed by atoms with Gasteiger partial charge in [0.05, 0.1) is 29.7 Å². The zero-order valence-electron chi connectivity index (χ0n) is 14.7. The monoisotopic (exact) mass is 404 g/mol. The molecule has 27 heavy (non-hydrogen) atoms. The van der Waals surface area contributed by atoms with Gasteiger partial charge in [-0.2, -0.15) is 0 Å². The number of aliphatic hydroxyl groups excluding tert-OH is 1. The van der Waals surface area contributed by atoms with Crippen molar-refractivity contribution in [1.29, 1.82) is 0 Å². The lowest BCUT2D eigenvalue weighted by atomic mass is 10.0. The third-order valence-electron chi connectivity index (χ3n) is 4.87. The van der Waals surface area contributed by atoms with Crippen LogP contribution in [0.1, 0.15) is 20.6 Å². The Hall–Kier alpha value is -2.00. The molecule has 0 aromatic carbocycles. The molecule has 1 N–H and O–H groups in total. The summed E-state index contributed by atoms with van der Waals surface area (Å²) >= 11 is 2.80. The number of nitrogens with zero attached hydrogens (tertiary/aromatic N) is 2. The quantitative estimate of drug-likeness (QED) is 0.750. The van der Waals surface area contributed by atoms with Gasteiger partial charge in [0.1, 0.15) is 0 Å². The first-order valence-electron chi connectivity index (χ1n) is 8.82. The number of Topliss-reactive ketones (excluding diaryl/α,β-unsaturated/α-hetero) is 1. The summed E-state index contributed by atoms with van der Waals surface area (Å²) in [5, 5.41) is 14.3. The molecule has 0 saturated carbocycles. The maximum Gasteiger partial charge on any atom is 0.290 e. The predicted molar refractivity (Wildman–Crippen MR) is 104 cm³/mol. The molecule has 2 aliphatic rings. The molecule has 1 fully saturated rings. The van der Waals surface area contributed by atoms with Crippen molar-refractivity contribution in [1.82, 2.24) is 9.80 Å². The summed E-state index contributed by atoms with van der Waals surface area (Å²) in [6.45, 7) is 4.16. The van der Waals surface area contributed by atoms with Gasteiger partial charge in [0, 0.05) is 31.1 Å². The Bertz CT molecular complexity index is 839. The lowest BCUT2D eigenvalue weighted by molar-refractivity contribution is -0.129. The summed E-state index contributed by atoms with van der Waals surface area (Å²) in [7, 11) is 0. The van der Waals surface area contributed by atoms with Crippen LogP contribution in [0.4, 0.5) is 0 Å². The molecular weight excluding hydrogens is 384 g/mol. The van der Waals surface area contributed by atoms with Crippen LogP contribution in [-0.4, -0.2) is 66.0 Å². The molecule has 0 unspecified atom stereocenters. The molecule has 2 aromatic rings. The smallest absolute Gasteiger partial charge is 0.290 e. The zero-order chi connectivity index (χ0) is 18.8. The van der Waals surface area contributed by atoms with E-state index in [4.69, 9.17) is 4.74 Å². The van der Waals surface area contributed by atoms with Gasteiger partial charge in [0.15, 0.2) is 5.76 Å². The summed E-state index contributed by atoms with van der Waals surface area (Å²) in [6.07, 6.45) is 0. The first kappa shape index (κ1) is 18.4. The van der Waals surface area contributed by atoms with Gasteiger partial charge in [-0.25, -0.2) is 0 Å². The second kappa shape index (κ2) is 7.93. The minimum Gasteiger partial charge on any atom is -0.503 e. The summed E-state index contributed by atoms with van der Waals surface area (Å²) in [4.78, 5) is 31.1. The van der Waals surface area contributed by atoms with Crippen LogP contribution in [0.3, 0.4) is 0 Å². The van der Waals surface area contributed by atoms with Crippen LogP contribution in [-0.2, 0) is 9.53 Å². The molecule has 0 radical (unpaired) electrons. The Labute approximate surface area is 165 Å². The average molecular weight is 405 g/mol. The van der Waals surface area contributed by atoms with Crippen molar-refractivity contribution < 1.29 is 19.4 Å². The number of carbonyl (C=O) groups excluding carboxylic acids is 2. The molecule has 2 aromatic heterocycles. The number of ether oxygens (including phenoxy) is 1. The summed E-state index contributed by atoms with van der Waals surface area (Å²) in [5.74, 6) is -1.17.